The number of methoxy groups -OCH3 is 1. The number of halogens is 2. The van der Waals surface area contributed by atoms with Crippen LogP contribution in [0, 0.1) is 11.2 Å². The molecule has 0 saturated heterocycles. The van der Waals surface area contributed by atoms with Crippen LogP contribution in [0.25, 0.3) is 0 Å². The third-order valence-electron chi connectivity index (χ3n) is 1.63. The van der Waals surface area contributed by atoms with Crippen molar-refractivity contribution in [1.82, 2.24) is 0 Å². The van der Waals surface area contributed by atoms with Gasteiger partial charge in [-0.15, -0.1) is 12.4 Å². The van der Waals surface area contributed by atoms with Crippen molar-refractivity contribution >= 4 is 18.2 Å². The van der Waals surface area contributed by atoms with Crippen molar-refractivity contribution in [3.05, 3.63) is 29.6 Å². The largest absolute Gasteiger partial charge is 0.496 e. The number of nitrogens with one attached hydrogen (secondary N) is 1. The van der Waals surface area contributed by atoms with Gasteiger partial charge in [0.15, 0.2) is 0 Å². The number of rotatable bonds is 3. The van der Waals surface area contributed by atoms with E-state index in [0.717, 1.165) is 5.56 Å². The van der Waals surface area contributed by atoms with Gasteiger partial charge in [0.05, 0.1) is 12.9 Å². The number of benzene rings is 1. The fourth-order valence-electron chi connectivity index (χ4n) is 1.07. The SMILES string of the molecule is COc1cc(F)ccc1CC(=N)N.Cl. The van der Waals surface area contributed by atoms with Crippen LogP contribution in [0.1, 0.15) is 5.56 Å². The molecule has 1 aromatic carbocycles. The molecule has 0 amide bonds. The first-order valence-electron chi connectivity index (χ1n) is 3.79. The quantitative estimate of drug-likeness (QED) is 0.600. The highest BCUT2D eigenvalue weighted by atomic mass is 35.5. The number of amidine groups is 1. The summed E-state index contributed by atoms with van der Waals surface area (Å²) in [4.78, 5) is 0. The second-order valence-electron chi connectivity index (χ2n) is 2.66. The van der Waals surface area contributed by atoms with Crippen LogP contribution in [-0.4, -0.2) is 12.9 Å². The summed E-state index contributed by atoms with van der Waals surface area (Å²) in [6.07, 6.45) is 0.281. The van der Waals surface area contributed by atoms with Crippen LogP contribution in [0.2, 0.25) is 0 Å². The van der Waals surface area contributed by atoms with Gasteiger partial charge in [0.25, 0.3) is 0 Å². The molecule has 78 valence electrons. The number of nitrogens with two attached hydrogens (primary N) is 1. The standard InChI is InChI=1S/C9H11FN2O.ClH/c1-13-8-5-7(10)3-2-6(8)4-9(11)12;/h2-3,5H,4H2,1H3,(H3,11,12);1H. The van der Waals surface area contributed by atoms with Gasteiger partial charge in [-0.3, -0.25) is 5.41 Å². The van der Waals surface area contributed by atoms with E-state index in [-0.39, 0.29) is 30.5 Å². The van der Waals surface area contributed by atoms with Crippen LogP contribution in [0.3, 0.4) is 0 Å². The van der Waals surface area contributed by atoms with Gasteiger partial charge >= 0.3 is 0 Å². The van der Waals surface area contributed by atoms with E-state index >= 15 is 0 Å². The highest BCUT2D eigenvalue weighted by molar-refractivity contribution is 5.85. The minimum absolute atomic E-state index is 0. The fourth-order valence-corrected chi connectivity index (χ4v) is 1.07. The van der Waals surface area contributed by atoms with Gasteiger partial charge in [-0.25, -0.2) is 4.39 Å². The Kier molecular flexibility index (Phi) is 4.94. The van der Waals surface area contributed by atoms with Crippen molar-refractivity contribution in [3.8, 4) is 5.75 Å². The normalized spacial score (nSPS) is 9.00. The fraction of sp³-hybridized carbons (Fsp3) is 0.222. The van der Waals surface area contributed by atoms with Crippen LogP contribution in [0.5, 0.6) is 5.75 Å². The Morgan fingerprint density at radius 2 is 2.21 bits per heavy atom. The van der Waals surface area contributed by atoms with Gasteiger partial charge in [0.2, 0.25) is 0 Å². The number of hydrogen-bond donors (Lipinski definition) is 2. The molecule has 0 radical (unpaired) electrons. The average Bonchev–Trinajstić information content (AvgIpc) is 2.07. The first-order valence-corrected chi connectivity index (χ1v) is 3.79. The zero-order chi connectivity index (χ0) is 9.84. The highest BCUT2D eigenvalue weighted by Gasteiger charge is 2.04. The molecule has 0 aliphatic carbocycles. The van der Waals surface area contributed by atoms with E-state index in [1.165, 1.54) is 19.2 Å². The van der Waals surface area contributed by atoms with Crippen molar-refractivity contribution in [3.63, 3.8) is 0 Å². The van der Waals surface area contributed by atoms with Gasteiger partial charge < -0.3 is 10.5 Å². The van der Waals surface area contributed by atoms with E-state index in [9.17, 15) is 4.39 Å². The maximum atomic E-state index is 12.7. The Balaban J connectivity index is 0.00000169. The summed E-state index contributed by atoms with van der Waals surface area (Å²) in [5.41, 5.74) is 5.94. The molecule has 5 heteroatoms. The van der Waals surface area contributed by atoms with E-state index in [2.05, 4.69) is 0 Å². The van der Waals surface area contributed by atoms with Gasteiger partial charge in [-0.05, 0) is 6.07 Å². The van der Waals surface area contributed by atoms with Crippen molar-refractivity contribution < 1.29 is 9.13 Å². The third kappa shape index (κ3) is 3.22. The Hall–Kier alpha value is -1.29. The predicted molar refractivity (Wildman–Crippen MR) is 55.8 cm³/mol. The van der Waals surface area contributed by atoms with Crippen LogP contribution < -0.4 is 10.5 Å². The summed E-state index contributed by atoms with van der Waals surface area (Å²) in [7, 11) is 1.46. The lowest BCUT2D eigenvalue weighted by Crippen LogP contribution is -2.13. The molecule has 0 saturated carbocycles. The minimum Gasteiger partial charge on any atom is -0.496 e. The second-order valence-corrected chi connectivity index (χ2v) is 2.66. The molecule has 0 atom stereocenters. The van der Waals surface area contributed by atoms with Crippen molar-refractivity contribution in [2.45, 2.75) is 6.42 Å². The topological polar surface area (TPSA) is 59.1 Å². The van der Waals surface area contributed by atoms with Gasteiger partial charge in [-0.1, -0.05) is 6.07 Å². The van der Waals surface area contributed by atoms with Gasteiger partial charge in [0, 0.05) is 18.1 Å². The average molecular weight is 219 g/mol. The molecule has 0 aromatic heterocycles. The third-order valence-corrected chi connectivity index (χ3v) is 1.63. The molecule has 0 bridgehead atoms. The zero-order valence-electron chi connectivity index (χ0n) is 7.71. The Bertz CT molecular complexity index is 331. The van der Waals surface area contributed by atoms with Crippen LogP contribution in [0.4, 0.5) is 4.39 Å². The molecule has 0 aliphatic rings. The maximum absolute atomic E-state index is 12.7. The van der Waals surface area contributed by atoms with E-state index in [1.807, 2.05) is 0 Å². The molecule has 3 nitrogen and oxygen atoms in total. The summed E-state index contributed by atoms with van der Waals surface area (Å²) >= 11 is 0. The van der Waals surface area contributed by atoms with Gasteiger partial charge in [-0.2, -0.15) is 0 Å². The van der Waals surface area contributed by atoms with E-state index in [4.69, 9.17) is 15.9 Å². The first-order chi connectivity index (χ1) is 6.13. The first kappa shape index (κ1) is 12.7. The van der Waals surface area contributed by atoms with Crippen molar-refractivity contribution in [1.29, 1.82) is 5.41 Å². The molecule has 0 spiro atoms. The molecule has 0 unspecified atom stereocenters. The molecule has 1 aromatic rings. The monoisotopic (exact) mass is 218 g/mol. The molecule has 3 N–H and O–H groups in total. The summed E-state index contributed by atoms with van der Waals surface area (Å²) in [5.74, 6) is 0.101. The summed E-state index contributed by atoms with van der Waals surface area (Å²) in [5, 5.41) is 7.09. The van der Waals surface area contributed by atoms with Crippen molar-refractivity contribution in [2.75, 3.05) is 7.11 Å². The Morgan fingerprint density at radius 3 is 2.71 bits per heavy atom. The molecular weight excluding hydrogens is 207 g/mol. The van der Waals surface area contributed by atoms with E-state index < -0.39 is 0 Å². The van der Waals surface area contributed by atoms with E-state index in [0.29, 0.717) is 5.75 Å². The maximum Gasteiger partial charge on any atom is 0.126 e. The van der Waals surface area contributed by atoms with Crippen LogP contribution >= 0.6 is 12.4 Å². The van der Waals surface area contributed by atoms with Gasteiger partial charge in [0.1, 0.15) is 11.6 Å². The molecule has 1 rings (SSSR count). The zero-order valence-corrected chi connectivity index (χ0v) is 8.53. The van der Waals surface area contributed by atoms with E-state index in [1.54, 1.807) is 6.07 Å². The van der Waals surface area contributed by atoms with Crippen LogP contribution in [0.15, 0.2) is 18.2 Å². The summed E-state index contributed by atoms with van der Waals surface area (Å²) in [6.45, 7) is 0. The summed E-state index contributed by atoms with van der Waals surface area (Å²) < 4.78 is 17.6. The lowest BCUT2D eigenvalue weighted by atomic mass is 10.1. The molecule has 0 heterocycles. The molecule has 0 aliphatic heterocycles. The smallest absolute Gasteiger partial charge is 0.126 e. The highest BCUT2D eigenvalue weighted by Crippen LogP contribution is 2.19. The molecule has 0 fully saturated rings. The number of hydrogen-bond acceptors (Lipinski definition) is 2. The second kappa shape index (κ2) is 5.44. The minimum atomic E-state index is -0.357. The van der Waals surface area contributed by atoms with Crippen LogP contribution in [-0.2, 0) is 6.42 Å². The number of ether oxygens (including phenoxy) is 1. The summed E-state index contributed by atoms with van der Waals surface area (Å²) in [6, 6.07) is 4.16. The van der Waals surface area contributed by atoms with Crippen molar-refractivity contribution in [2.24, 2.45) is 5.73 Å². The molecule has 14 heavy (non-hydrogen) atoms. The lowest BCUT2D eigenvalue weighted by Gasteiger charge is -2.06. The lowest BCUT2D eigenvalue weighted by molar-refractivity contribution is 0.407. The Morgan fingerprint density at radius 1 is 1.57 bits per heavy atom. The molecular formula is C9H12ClFN2O. The predicted octanol–water partition coefficient (Wildman–Crippen LogP) is 1.73. The Labute approximate surface area is 88.0 Å².